The smallest absolute Gasteiger partial charge is 0.394 e. The molecular weight excluding hydrogens is 308 g/mol. The Morgan fingerprint density at radius 3 is 1.67 bits per heavy atom. The Bertz CT molecular complexity index is 523. The molecule has 0 aromatic heterocycles. The van der Waals surface area contributed by atoms with E-state index in [2.05, 4.69) is 5.73 Å². The van der Waals surface area contributed by atoms with Gasteiger partial charge in [-0.3, -0.25) is 18.7 Å². The van der Waals surface area contributed by atoms with Gasteiger partial charge in [0.2, 0.25) is 5.91 Å². The van der Waals surface area contributed by atoms with Crippen molar-refractivity contribution in [2.75, 3.05) is 0 Å². The lowest BCUT2D eigenvalue weighted by molar-refractivity contribution is -0.140. The number of carboxylic acid groups (broad SMARTS) is 1. The summed E-state index contributed by atoms with van der Waals surface area (Å²) in [6, 6.07) is 7.55. The minimum atomic E-state index is -4.67. The van der Waals surface area contributed by atoms with Gasteiger partial charge in [0.15, 0.2) is 0 Å². The molecule has 0 aliphatic heterocycles. The Morgan fingerprint density at radius 1 is 1.14 bits per heavy atom. The van der Waals surface area contributed by atoms with Gasteiger partial charge in [-0.2, -0.15) is 8.42 Å². The lowest BCUT2D eigenvalue weighted by atomic mass is 10.2. The molecule has 10 nitrogen and oxygen atoms in total. The maximum absolute atomic E-state index is 9.99. The molecule has 8 N–H and O–H groups in total. The van der Waals surface area contributed by atoms with Gasteiger partial charge in [0.1, 0.15) is 11.8 Å². The fourth-order valence-electron chi connectivity index (χ4n) is 0.732. The molecular formula is C10H16N2O8S. The average Bonchev–Trinajstić information content (AvgIpc) is 2.27. The van der Waals surface area contributed by atoms with Gasteiger partial charge >= 0.3 is 16.4 Å². The number of aromatic hydroxyl groups is 1. The fraction of sp³-hybridized carbons (Fsp3) is 0.200. The summed E-state index contributed by atoms with van der Waals surface area (Å²) in [5.41, 5.74) is 9.57. The van der Waals surface area contributed by atoms with E-state index in [1.165, 1.54) is 0 Å². The summed E-state index contributed by atoms with van der Waals surface area (Å²) in [6.07, 6.45) is -0.310. The first-order valence-corrected chi connectivity index (χ1v) is 6.53. The van der Waals surface area contributed by atoms with E-state index in [0.29, 0.717) is 5.75 Å². The highest BCUT2D eigenvalue weighted by Gasteiger charge is 2.13. The quantitative estimate of drug-likeness (QED) is 0.377. The number of hydrogen-bond acceptors (Lipinski definition) is 6. The number of hydrogen-bond donors (Lipinski definition) is 6. The Hall–Kier alpha value is -2.21. The Morgan fingerprint density at radius 2 is 1.52 bits per heavy atom. The number of carbonyl (C=O) groups is 2. The van der Waals surface area contributed by atoms with Crippen molar-refractivity contribution in [1.82, 2.24) is 0 Å². The topological polar surface area (TPSA) is 201 Å². The second kappa shape index (κ2) is 10.6. The van der Waals surface area contributed by atoms with Crippen LogP contribution >= 0.6 is 0 Å². The van der Waals surface area contributed by atoms with Crippen molar-refractivity contribution in [3.63, 3.8) is 0 Å². The molecule has 1 aromatic carbocycles. The van der Waals surface area contributed by atoms with E-state index in [9.17, 15) is 9.59 Å². The van der Waals surface area contributed by atoms with Crippen molar-refractivity contribution in [3.8, 4) is 5.75 Å². The molecule has 0 spiro atoms. The number of rotatable bonds is 3. The SMILES string of the molecule is NC(=O)C[C@H](N)C(=O)O.O=S(=O)(O)O.Oc1ccccc1. The number of carboxylic acids is 1. The summed E-state index contributed by atoms with van der Waals surface area (Å²) >= 11 is 0. The van der Waals surface area contributed by atoms with Crippen LogP contribution in [0.4, 0.5) is 0 Å². The first-order valence-electron chi connectivity index (χ1n) is 5.14. The number of primary amides is 1. The lowest BCUT2D eigenvalue weighted by Gasteiger charge is -1.99. The third-order valence-corrected chi connectivity index (χ3v) is 1.49. The monoisotopic (exact) mass is 324 g/mol. The average molecular weight is 324 g/mol. The van der Waals surface area contributed by atoms with Crippen LogP contribution in [-0.2, 0) is 20.0 Å². The van der Waals surface area contributed by atoms with Crippen molar-refractivity contribution in [2.45, 2.75) is 12.5 Å². The van der Waals surface area contributed by atoms with Crippen molar-refractivity contribution >= 4 is 22.3 Å². The van der Waals surface area contributed by atoms with Crippen LogP contribution in [0.1, 0.15) is 6.42 Å². The molecule has 0 saturated heterocycles. The second-order valence-electron chi connectivity index (χ2n) is 3.40. The minimum Gasteiger partial charge on any atom is -0.508 e. The summed E-state index contributed by atoms with van der Waals surface area (Å²) in [6.45, 7) is 0. The normalized spacial score (nSPS) is 11.0. The number of phenols is 1. The molecule has 1 rings (SSSR count). The van der Waals surface area contributed by atoms with Crippen LogP contribution in [0.2, 0.25) is 0 Å². The van der Waals surface area contributed by atoms with Gasteiger partial charge < -0.3 is 21.7 Å². The van der Waals surface area contributed by atoms with E-state index in [1.54, 1.807) is 24.3 Å². The largest absolute Gasteiger partial charge is 0.508 e. The van der Waals surface area contributed by atoms with Crippen molar-refractivity contribution in [1.29, 1.82) is 0 Å². The van der Waals surface area contributed by atoms with E-state index < -0.39 is 28.3 Å². The lowest BCUT2D eigenvalue weighted by Crippen LogP contribution is -2.34. The van der Waals surface area contributed by atoms with Crippen LogP contribution in [0.5, 0.6) is 5.75 Å². The predicted octanol–water partition coefficient (Wildman–Crippen LogP) is -0.987. The molecule has 11 heteroatoms. The number of benzene rings is 1. The zero-order valence-corrected chi connectivity index (χ0v) is 11.5. The molecule has 0 aliphatic rings. The standard InChI is InChI=1S/C6H6O.C4H8N2O3.H2O4S/c7-6-4-2-1-3-5-6;5-2(4(8)9)1-3(6)7;1-5(2,3)4/h1-5,7H;2H,1,5H2,(H2,6,7)(H,8,9);(H2,1,2,3,4)/t;2-;/m.0./s1. The summed E-state index contributed by atoms with van der Waals surface area (Å²) in [5.74, 6) is -1.60. The summed E-state index contributed by atoms with van der Waals surface area (Å²) in [5, 5.41) is 16.7. The third-order valence-electron chi connectivity index (χ3n) is 1.49. The Labute approximate surface area is 120 Å². The number of aliphatic carboxylic acids is 1. The molecule has 0 bridgehead atoms. The van der Waals surface area contributed by atoms with Gasteiger partial charge in [-0.25, -0.2) is 0 Å². The van der Waals surface area contributed by atoms with E-state index >= 15 is 0 Å². The Kier molecular flexibility index (Phi) is 10.6. The molecule has 0 unspecified atom stereocenters. The summed E-state index contributed by atoms with van der Waals surface area (Å²) in [7, 11) is -4.67. The van der Waals surface area contributed by atoms with E-state index in [-0.39, 0.29) is 6.42 Å². The van der Waals surface area contributed by atoms with Crippen LogP contribution in [0.25, 0.3) is 0 Å². The Balaban J connectivity index is 0. The molecule has 1 atom stereocenters. The van der Waals surface area contributed by atoms with Crippen molar-refractivity contribution in [3.05, 3.63) is 30.3 Å². The van der Waals surface area contributed by atoms with Crippen LogP contribution < -0.4 is 11.5 Å². The van der Waals surface area contributed by atoms with Gasteiger partial charge in [-0.1, -0.05) is 18.2 Å². The van der Waals surface area contributed by atoms with Crippen molar-refractivity contribution in [2.24, 2.45) is 11.5 Å². The molecule has 0 fully saturated rings. The molecule has 120 valence electrons. The molecule has 0 saturated carbocycles. The maximum atomic E-state index is 9.99. The first kappa shape index (κ1) is 21.1. The highest BCUT2D eigenvalue weighted by atomic mass is 32.3. The summed E-state index contributed by atoms with van der Waals surface area (Å²) in [4.78, 5) is 19.9. The van der Waals surface area contributed by atoms with Gasteiger partial charge in [-0.05, 0) is 12.1 Å². The highest BCUT2D eigenvalue weighted by Crippen LogP contribution is 2.02. The van der Waals surface area contributed by atoms with Gasteiger partial charge in [0.25, 0.3) is 0 Å². The molecule has 0 radical (unpaired) electrons. The third kappa shape index (κ3) is 23.3. The number of nitrogens with two attached hydrogens (primary N) is 2. The van der Waals surface area contributed by atoms with E-state index in [1.807, 2.05) is 6.07 Å². The molecule has 1 aromatic rings. The zero-order chi connectivity index (χ0) is 17.1. The number of carbonyl (C=O) groups excluding carboxylic acids is 1. The second-order valence-corrected chi connectivity index (χ2v) is 4.29. The zero-order valence-electron chi connectivity index (χ0n) is 10.7. The van der Waals surface area contributed by atoms with Crippen LogP contribution in [-0.4, -0.2) is 45.7 Å². The number of para-hydroxylation sites is 1. The molecule has 0 aliphatic carbocycles. The van der Waals surface area contributed by atoms with E-state index in [4.69, 9.17) is 33.5 Å². The van der Waals surface area contributed by atoms with Crippen LogP contribution in [0, 0.1) is 0 Å². The first-order chi connectivity index (χ1) is 9.43. The van der Waals surface area contributed by atoms with E-state index in [0.717, 1.165) is 0 Å². The highest BCUT2D eigenvalue weighted by molar-refractivity contribution is 7.79. The molecule has 21 heavy (non-hydrogen) atoms. The van der Waals surface area contributed by atoms with Crippen LogP contribution in [0.15, 0.2) is 30.3 Å². The van der Waals surface area contributed by atoms with Gasteiger partial charge in [0, 0.05) is 0 Å². The van der Waals surface area contributed by atoms with Crippen LogP contribution in [0.3, 0.4) is 0 Å². The van der Waals surface area contributed by atoms with Crippen molar-refractivity contribution < 1.29 is 37.3 Å². The summed E-state index contributed by atoms with van der Waals surface area (Å²) < 4.78 is 31.6. The number of phenolic OH excluding ortho intramolecular Hbond substituents is 1. The fourth-order valence-corrected chi connectivity index (χ4v) is 0.732. The molecule has 0 heterocycles. The molecule has 1 amide bonds. The van der Waals surface area contributed by atoms with Gasteiger partial charge in [0.05, 0.1) is 6.42 Å². The van der Waals surface area contributed by atoms with Gasteiger partial charge in [-0.15, -0.1) is 0 Å². The maximum Gasteiger partial charge on any atom is 0.394 e. The predicted molar refractivity (Wildman–Crippen MR) is 71.7 cm³/mol. The minimum absolute atomic E-state index is 0.310. The number of amides is 1.